The van der Waals surface area contributed by atoms with Gasteiger partial charge in [0.1, 0.15) is 16.9 Å². The van der Waals surface area contributed by atoms with Crippen LogP contribution in [0.3, 0.4) is 0 Å². The molecule has 0 amide bonds. The number of hydrogen-bond acceptors (Lipinski definition) is 7. The van der Waals surface area contributed by atoms with Gasteiger partial charge in [-0.15, -0.1) is 0 Å². The summed E-state index contributed by atoms with van der Waals surface area (Å²) >= 11 is 6.42. The van der Waals surface area contributed by atoms with Gasteiger partial charge in [0, 0.05) is 37.1 Å². The van der Waals surface area contributed by atoms with Crippen molar-refractivity contribution >= 4 is 34.7 Å². The highest BCUT2D eigenvalue weighted by Crippen LogP contribution is 2.29. The lowest BCUT2D eigenvalue weighted by atomic mass is 10.1. The summed E-state index contributed by atoms with van der Waals surface area (Å²) in [7, 11) is 4.09. The van der Waals surface area contributed by atoms with E-state index in [2.05, 4.69) is 63.3 Å². The lowest BCUT2D eigenvalue weighted by Crippen LogP contribution is -2.30. The molecule has 1 atom stereocenters. The van der Waals surface area contributed by atoms with E-state index in [1.807, 2.05) is 44.4 Å². The van der Waals surface area contributed by atoms with Crippen LogP contribution >= 0.6 is 11.6 Å². The van der Waals surface area contributed by atoms with Gasteiger partial charge < -0.3 is 20.3 Å². The Morgan fingerprint density at radius 2 is 1.94 bits per heavy atom. The van der Waals surface area contributed by atoms with Gasteiger partial charge in [-0.1, -0.05) is 29.8 Å². The fourth-order valence-corrected chi connectivity index (χ4v) is 4.38. The number of benzene rings is 2. The van der Waals surface area contributed by atoms with E-state index in [-0.39, 0.29) is 6.10 Å². The predicted molar refractivity (Wildman–Crippen MR) is 144 cm³/mol. The number of aromatic nitrogens is 2. The Balaban J connectivity index is 1.45. The summed E-state index contributed by atoms with van der Waals surface area (Å²) in [6, 6.07) is 14.8. The fourth-order valence-electron chi connectivity index (χ4n) is 4.25. The average Bonchev–Trinajstić information content (AvgIpc) is 3.28. The zero-order chi connectivity index (χ0) is 24.9. The molecule has 2 heterocycles. The van der Waals surface area contributed by atoms with Gasteiger partial charge in [0.25, 0.3) is 0 Å². The number of ether oxygens (including phenoxy) is 1. The van der Waals surface area contributed by atoms with Crippen LogP contribution in [-0.2, 0) is 6.54 Å². The highest BCUT2D eigenvalue weighted by molar-refractivity contribution is 6.32. The minimum atomic E-state index is 0.235. The average molecular weight is 495 g/mol. The molecule has 8 heteroatoms. The van der Waals surface area contributed by atoms with Gasteiger partial charge in [-0.2, -0.15) is 4.98 Å². The fraction of sp³-hybridized carbons (Fsp3) is 0.407. The molecular weight excluding hydrogens is 460 g/mol. The van der Waals surface area contributed by atoms with Crippen LogP contribution in [0.5, 0.6) is 5.75 Å². The van der Waals surface area contributed by atoms with Crippen molar-refractivity contribution in [2.75, 3.05) is 37.8 Å². The quantitative estimate of drug-likeness (QED) is 0.387. The molecule has 0 bridgehead atoms. The largest absolute Gasteiger partial charge is 0.489 e. The number of likely N-dealkylation sites (tertiary alicyclic amines) is 1. The third-order valence-corrected chi connectivity index (χ3v) is 6.43. The van der Waals surface area contributed by atoms with Gasteiger partial charge >= 0.3 is 0 Å². The predicted octanol–water partition coefficient (Wildman–Crippen LogP) is 5.85. The molecule has 4 rings (SSSR count). The first-order valence-electron chi connectivity index (χ1n) is 12.1. The molecule has 1 unspecified atom stereocenters. The van der Waals surface area contributed by atoms with Crippen molar-refractivity contribution in [3.63, 3.8) is 0 Å². The Kier molecular flexibility index (Phi) is 8.11. The second-order valence-electron chi connectivity index (χ2n) is 9.63. The summed E-state index contributed by atoms with van der Waals surface area (Å²) < 4.78 is 6.25. The third kappa shape index (κ3) is 6.63. The van der Waals surface area contributed by atoms with Crippen LogP contribution < -0.4 is 15.4 Å². The molecule has 0 aliphatic carbocycles. The molecule has 186 valence electrons. The van der Waals surface area contributed by atoms with Crippen molar-refractivity contribution in [1.29, 1.82) is 0 Å². The monoisotopic (exact) mass is 494 g/mol. The minimum absolute atomic E-state index is 0.235. The molecule has 1 fully saturated rings. The first-order chi connectivity index (χ1) is 16.8. The Morgan fingerprint density at radius 1 is 1.14 bits per heavy atom. The molecule has 2 aromatic carbocycles. The molecule has 1 aliphatic rings. The summed E-state index contributed by atoms with van der Waals surface area (Å²) in [5, 5.41) is 7.16. The van der Waals surface area contributed by atoms with Crippen molar-refractivity contribution in [2.24, 2.45) is 0 Å². The molecule has 7 nitrogen and oxygen atoms in total. The number of aryl methyl sites for hydroxylation is 1. The smallest absolute Gasteiger partial charge is 0.229 e. The lowest BCUT2D eigenvalue weighted by molar-refractivity contribution is 0.187. The standard InChI is InChI=1S/C27H35ClN6O/c1-18(2)34-13-12-22(17-34)35-21-10-11-24(19(3)14-21)31-27-29-15-23(28)26(32-27)30-25-9-7-6-8-20(25)16-33(4)5/h6-11,14-15,18,22H,12-13,16-17H2,1-5H3,(H2,29,30,31,32). The van der Waals surface area contributed by atoms with E-state index in [1.54, 1.807) is 6.20 Å². The maximum Gasteiger partial charge on any atom is 0.229 e. The summed E-state index contributed by atoms with van der Waals surface area (Å²) in [5.41, 5.74) is 4.11. The maximum absolute atomic E-state index is 6.42. The van der Waals surface area contributed by atoms with Crippen LogP contribution in [-0.4, -0.2) is 59.1 Å². The molecule has 1 aliphatic heterocycles. The topological polar surface area (TPSA) is 65.6 Å². The van der Waals surface area contributed by atoms with Crippen molar-refractivity contribution in [1.82, 2.24) is 19.8 Å². The molecule has 0 spiro atoms. The lowest BCUT2D eigenvalue weighted by Gasteiger charge is -2.20. The molecule has 2 N–H and O–H groups in total. The van der Waals surface area contributed by atoms with Gasteiger partial charge in [0.2, 0.25) is 5.95 Å². The van der Waals surface area contributed by atoms with Gasteiger partial charge in [-0.25, -0.2) is 4.98 Å². The molecule has 0 saturated carbocycles. The second-order valence-corrected chi connectivity index (χ2v) is 10.0. The van der Waals surface area contributed by atoms with Gasteiger partial charge in [0.05, 0.1) is 6.20 Å². The van der Waals surface area contributed by atoms with E-state index in [4.69, 9.17) is 16.3 Å². The Bertz CT molecular complexity index is 1150. The van der Waals surface area contributed by atoms with Crippen LogP contribution in [0.25, 0.3) is 0 Å². The van der Waals surface area contributed by atoms with Crippen molar-refractivity contribution in [3.8, 4) is 5.75 Å². The summed E-state index contributed by atoms with van der Waals surface area (Å²) in [6.45, 7) is 9.39. The molecule has 1 aromatic heterocycles. The Morgan fingerprint density at radius 3 is 2.66 bits per heavy atom. The number of hydrogen-bond donors (Lipinski definition) is 2. The summed E-state index contributed by atoms with van der Waals surface area (Å²) in [6.07, 6.45) is 2.91. The molecular formula is C27H35ClN6O. The Hall–Kier alpha value is -2.87. The van der Waals surface area contributed by atoms with E-state index < -0.39 is 0 Å². The number of anilines is 4. The summed E-state index contributed by atoms with van der Waals surface area (Å²) in [4.78, 5) is 13.6. The van der Waals surface area contributed by atoms with Crippen molar-refractivity contribution in [2.45, 2.75) is 45.9 Å². The SMILES string of the molecule is Cc1cc(OC2CCN(C(C)C)C2)ccc1Nc1ncc(Cl)c(Nc2ccccc2CN(C)C)n1. The highest BCUT2D eigenvalue weighted by atomic mass is 35.5. The zero-order valence-electron chi connectivity index (χ0n) is 21.2. The number of halogens is 1. The van der Waals surface area contributed by atoms with E-state index in [0.29, 0.717) is 22.8 Å². The highest BCUT2D eigenvalue weighted by Gasteiger charge is 2.25. The molecule has 0 radical (unpaired) electrons. The minimum Gasteiger partial charge on any atom is -0.489 e. The molecule has 35 heavy (non-hydrogen) atoms. The van der Waals surface area contributed by atoms with Crippen LogP contribution in [0.1, 0.15) is 31.4 Å². The number of rotatable bonds is 9. The van der Waals surface area contributed by atoms with Crippen LogP contribution in [0.15, 0.2) is 48.7 Å². The second kappa shape index (κ2) is 11.2. The van der Waals surface area contributed by atoms with Crippen molar-refractivity contribution in [3.05, 3.63) is 64.8 Å². The number of para-hydroxylation sites is 1. The zero-order valence-corrected chi connectivity index (χ0v) is 21.9. The van der Waals surface area contributed by atoms with Gasteiger partial charge in [-0.05, 0) is 76.7 Å². The van der Waals surface area contributed by atoms with Crippen LogP contribution in [0.2, 0.25) is 5.02 Å². The normalized spacial score (nSPS) is 16.2. The van der Waals surface area contributed by atoms with Crippen LogP contribution in [0, 0.1) is 6.92 Å². The third-order valence-electron chi connectivity index (χ3n) is 6.15. The van der Waals surface area contributed by atoms with Gasteiger partial charge in [0.15, 0.2) is 5.82 Å². The molecule has 3 aromatic rings. The summed E-state index contributed by atoms with van der Waals surface area (Å²) in [5.74, 6) is 1.92. The molecule has 1 saturated heterocycles. The number of nitrogens with zero attached hydrogens (tertiary/aromatic N) is 4. The van der Waals surface area contributed by atoms with Gasteiger partial charge in [-0.3, -0.25) is 4.90 Å². The van der Waals surface area contributed by atoms with E-state index in [1.165, 1.54) is 0 Å². The van der Waals surface area contributed by atoms with E-state index in [9.17, 15) is 0 Å². The van der Waals surface area contributed by atoms with E-state index >= 15 is 0 Å². The van der Waals surface area contributed by atoms with Crippen LogP contribution in [0.4, 0.5) is 23.1 Å². The first-order valence-corrected chi connectivity index (χ1v) is 12.5. The number of nitrogens with one attached hydrogen (secondary N) is 2. The maximum atomic E-state index is 6.42. The van der Waals surface area contributed by atoms with Crippen molar-refractivity contribution < 1.29 is 4.74 Å². The van der Waals surface area contributed by atoms with E-state index in [0.717, 1.165) is 54.3 Å². The Labute approximate surface area is 213 Å². The first kappa shape index (κ1) is 25.2.